The van der Waals surface area contributed by atoms with Gasteiger partial charge in [0.2, 0.25) is 0 Å². The summed E-state index contributed by atoms with van der Waals surface area (Å²) in [6.07, 6.45) is 0.0814. The Balaban J connectivity index is 2.39. The highest BCUT2D eigenvalue weighted by Gasteiger charge is 2.14. The minimum absolute atomic E-state index is 0.0814. The lowest BCUT2D eigenvalue weighted by atomic mass is 10.1. The van der Waals surface area contributed by atoms with Crippen LogP contribution in [0.3, 0.4) is 0 Å². The van der Waals surface area contributed by atoms with Crippen LogP contribution in [-0.4, -0.2) is 21.3 Å². The number of aromatic nitrogens is 1. The number of para-hydroxylation sites is 1. The molecule has 0 saturated carbocycles. The number of carboxylic acid groups (broad SMARTS) is 1. The van der Waals surface area contributed by atoms with Gasteiger partial charge in [0, 0.05) is 22.3 Å². The van der Waals surface area contributed by atoms with Gasteiger partial charge in [0.1, 0.15) is 0 Å². The van der Waals surface area contributed by atoms with Crippen LogP contribution in [-0.2, 0) is 17.0 Å². The molecule has 0 saturated heterocycles. The maximum atomic E-state index is 11.0. The van der Waals surface area contributed by atoms with Gasteiger partial charge in [-0.25, -0.2) is 0 Å². The SMILES string of the molecule is CC(C)SCc1[nH]c2ccccc2c1CC(=O)O. The van der Waals surface area contributed by atoms with Gasteiger partial charge in [-0.05, 0) is 16.9 Å². The van der Waals surface area contributed by atoms with Crippen LogP contribution < -0.4 is 0 Å². The molecule has 2 rings (SSSR count). The summed E-state index contributed by atoms with van der Waals surface area (Å²) in [5.41, 5.74) is 2.98. The normalized spacial score (nSPS) is 11.3. The molecule has 96 valence electrons. The van der Waals surface area contributed by atoms with Crippen LogP contribution in [0.15, 0.2) is 24.3 Å². The predicted molar refractivity (Wildman–Crippen MR) is 76.1 cm³/mol. The minimum Gasteiger partial charge on any atom is -0.481 e. The summed E-state index contributed by atoms with van der Waals surface area (Å²) in [6.45, 7) is 4.29. The number of carbonyl (C=O) groups is 1. The van der Waals surface area contributed by atoms with E-state index in [1.54, 1.807) is 0 Å². The van der Waals surface area contributed by atoms with Gasteiger partial charge in [-0.1, -0.05) is 32.0 Å². The molecule has 0 amide bonds. The lowest BCUT2D eigenvalue weighted by molar-refractivity contribution is -0.136. The third-order valence-electron chi connectivity index (χ3n) is 2.79. The zero-order valence-electron chi connectivity index (χ0n) is 10.6. The number of nitrogens with one attached hydrogen (secondary N) is 1. The van der Waals surface area contributed by atoms with E-state index in [0.29, 0.717) is 5.25 Å². The summed E-state index contributed by atoms with van der Waals surface area (Å²) in [5, 5.41) is 10.6. The molecule has 0 atom stereocenters. The van der Waals surface area contributed by atoms with Crippen molar-refractivity contribution in [2.75, 3.05) is 0 Å². The van der Waals surface area contributed by atoms with Gasteiger partial charge in [-0.3, -0.25) is 4.79 Å². The summed E-state index contributed by atoms with van der Waals surface area (Å²) in [4.78, 5) is 14.3. The van der Waals surface area contributed by atoms with E-state index < -0.39 is 5.97 Å². The Morgan fingerprint density at radius 1 is 1.39 bits per heavy atom. The molecule has 2 N–H and O–H groups in total. The van der Waals surface area contributed by atoms with Gasteiger partial charge in [-0.15, -0.1) is 0 Å². The van der Waals surface area contributed by atoms with Crippen LogP contribution in [0.5, 0.6) is 0 Å². The van der Waals surface area contributed by atoms with Crippen LogP contribution in [0, 0.1) is 0 Å². The fourth-order valence-corrected chi connectivity index (χ4v) is 2.73. The Bertz CT molecular complexity index is 560. The van der Waals surface area contributed by atoms with Crippen molar-refractivity contribution >= 4 is 28.6 Å². The molecule has 0 aliphatic heterocycles. The minimum atomic E-state index is -0.782. The van der Waals surface area contributed by atoms with Crippen molar-refractivity contribution in [2.45, 2.75) is 31.3 Å². The summed E-state index contributed by atoms with van der Waals surface area (Å²) >= 11 is 1.82. The molecule has 1 aromatic heterocycles. The molecule has 0 aliphatic carbocycles. The van der Waals surface area contributed by atoms with Crippen molar-refractivity contribution in [3.63, 3.8) is 0 Å². The van der Waals surface area contributed by atoms with Crippen molar-refractivity contribution in [1.29, 1.82) is 0 Å². The average molecular weight is 263 g/mol. The van der Waals surface area contributed by atoms with Crippen LogP contribution in [0.1, 0.15) is 25.1 Å². The highest BCUT2D eigenvalue weighted by molar-refractivity contribution is 7.99. The predicted octanol–water partition coefficient (Wildman–Crippen LogP) is 3.44. The molecule has 0 spiro atoms. The van der Waals surface area contributed by atoms with Gasteiger partial charge in [0.05, 0.1) is 6.42 Å². The molecule has 4 heteroatoms. The second-order valence-electron chi connectivity index (χ2n) is 4.56. The van der Waals surface area contributed by atoms with Crippen molar-refractivity contribution in [2.24, 2.45) is 0 Å². The van der Waals surface area contributed by atoms with Crippen molar-refractivity contribution < 1.29 is 9.90 Å². The maximum Gasteiger partial charge on any atom is 0.307 e. The molecule has 1 aromatic carbocycles. The van der Waals surface area contributed by atoms with E-state index in [0.717, 1.165) is 27.9 Å². The fraction of sp³-hybridized carbons (Fsp3) is 0.357. The van der Waals surface area contributed by atoms with E-state index in [9.17, 15) is 4.79 Å². The summed E-state index contributed by atoms with van der Waals surface area (Å²) in [6, 6.07) is 7.88. The number of aliphatic carboxylic acids is 1. The maximum absolute atomic E-state index is 11.0. The number of benzene rings is 1. The van der Waals surface area contributed by atoms with Crippen molar-refractivity contribution in [1.82, 2.24) is 4.98 Å². The number of thioether (sulfide) groups is 1. The fourth-order valence-electron chi connectivity index (χ4n) is 1.98. The summed E-state index contributed by atoms with van der Waals surface area (Å²) < 4.78 is 0. The molecule has 3 nitrogen and oxygen atoms in total. The molecule has 1 heterocycles. The number of hydrogen-bond acceptors (Lipinski definition) is 2. The number of H-pyrrole nitrogens is 1. The van der Waals surface area contributed by atoms with Gasteiger partial charge in [0.15, 0.2) is 0 Å². The van der Waals surface area contributed by atoms with E-state index in [2.05, 4.69) is 18.8 Å². The Kier molecular flexibility index (Phi) is 3.97. The summed E-state index contributed by atoms with van der Waals surface area (Å²) in [5.74, 6) is 0.0464. The zero-order chi connectivity index (χ0) is 13.1. The topological polar surface area (TPSA) is 53.1 Å². The van der Waals surface area contributed by atoms with Crippen LogP contribution >= 0.6 is 11.8 Å². The third-order valence-corrected chi connectivity index (χ3v) is 3.91. The highest BCUT2D eigenvalue weighted by atomic mass is 32.2. The van der Waals surface area contributed by atoms with Crippen molar-refractivity contribution in [3.05, 3.63) is 35.5 Å². The summed E-state index contributed by atoms with van der Waals surface area (Å²) in [7, 11) is 0. The Hall–Kier alpha value is -1.42. The number of aromatic amines is 1. The number of rotatable bonds is 5. The van der Waals surface area contributed by atoms with Gasteiger partial charge in [0.25, 0.3) is 0 Å². The van der Waals surface area contributed by atoms with E-state index >= 15 is 0 Å². The first-order chi connectivity index (χ1) is 8.58. The lowest BCUT2D eigenvalue weighted by Gasteiger charge is -2.05. The van der Waals surface area contributed by atoms with Gasteiger partial charge in [-0.2, -0.15) is 11.8 Å². The molecule has 2 aromatic rings. The van der Waals surface area contributed by atoms with Crippen molar-refractivity contribution in [3.8, 4) is 0 Å². The van der Waals surface area contributed by atoms with E-state index in [4.69, 9.17) is 5.11 Å². The largest absolute Gasteiger partial charge is 0.481 e. The number of fused-ring (bicyclic) bond motifs is 1. The standard InChI is InChI=1S/C14H17NO2S/c1-9(2)18-8-13-11(7-14(16)17)10-5-3-4-6-12(10)15-13/h3-6,9,15H,7-8H2,1-2H3,(H,16,17). The van der Waals surface area contributed by atoms with E-state index in [-0.39, 0.29) is 6.42 Å². The molecule has 0 unspecified atom stereocenters. The lowest BCUT2D eigenvalue weighted by Crippen LogP contribution is -2.02. The first-order valence-corrected chi connectivity index (χ1v) is 7.04. The van der Waals surface area contributed by atoms with E-state index in [1.165, 1.54) is 0 Å². The molecule has 0 radical (unpaired) electrons. The Morgan fingerprint density at radius 2 is 2.11 bits per heavy atom. The third kappa shape index (κ3) is 2.88. The monoisotopic (exact) mass is 263 g/mol. The first kappa shape index (κ1) is 13.0. The molecular formula is C14H17NO2S. The molecule has 0 aliphatic rings. The quantitative estimate of drug-likeness (QED) is 0.869. The molecule has 18 heavy (non-hydrogen) atoms. The zero-order valence-corrected chi connectivity index (χ0v) is 11.4. The smallest absolute Gasteiger partial charge is 0.307 e. The Morgan fingerprint density at radius 3 is 2.78 bits per heavy atom. The number of hydrogen-bond donors (Lipinski definition) is 2. The Labute approximate surface area is 111 Å². The highest BCUT2D eigenvalue weighted by Crippen LogP contribution is 2.27. The van der Waals surface area contributed by atoms with Crippen LogP contribution in [0.4, 0.5) is 0 Å². The van der Waals surface area contributed by atoms with E-state index in [1.807, 2.05) is 36.0 Å². The van der Waals surface area contributed by atoms with Crippen LogP contribution in [0.2, 0.25) is 0 Å². The second kappa shape index (κ2) is 5.48. The van der Waals surface area contributed by atoms with Gasteiger partial charge >= 0.3 is 5.97 Å². The van der Waals surface area contributed by atoms with Gasteiger partial charge < -0.3 is 10.1 Å². The molecule has 0 bridgehead atoms. The molecular weight excluding hydrogens is 246 g/mol. The van der Waals surface area contributed by atoms with Crippen LogP contribution in [0.25, 0.3) is 10.9 Å². The average Bonchev–Trinajstić information content (AvgIpc) is 2.64. The first-order valence-electron chi connectivity index (χ1n) is 5.99. The second-order valence-corrected chi connectivity index (χ2v) is 6.12. The molecule has 0 fully saturated rings. The number of carboxylic acids is 1.